The maximum absolute atomic E-state index is 12.3. The molecule has 1 aliphatic carbocycles. The lowest BCUT2D eigenvalue weighted by atomic mass is 9.77. The van der Waals surface area contributed by atoms with E-state index in [1.54, 1.807) is 0 Å². The van der Waals surface area contributed by atoms with Gasteiger partial charge in [0, 0.05) is 12.6 Å². The third-order valence-electron chi connectivity index (χ3n) is 3.72. The fourth-order valence-electron chi connectivity index (χ4n) is 2.52. The van der Waals surface area contributed by atoms with Gasteiger partial charge in [0.15, 0.2) is 5.03 Å². The van der Waals surface area contributed by atoms with Gasteiger partial charge in [-0.1, -0.05) is 6.92 Å². The van der Waals surface area contributed by atoms with Crippen molar-refractivity contribution in [2.24, 2.45) is 5.92 Å². The number of hydrogen-bond donors (Lipinski definition) is 2. The van der Waals surface area contributed by atoms with Crippen LogP contribution in [0.1, 0.15) is 33.1 Å². The first-order chi connectivity index (χ1) is 8.97. The number of aliphatic hydroxyl groups is 1. The van der Waals surface area contributed by atoms with Crippen LogP contribution in [-0.2, 0) is 16.6 Å². The molecule has 1 atom stereocenters. The van der Waals surface area contributed by atoms with Gasteiger partial charge in [-0.15, -0.1) is 0 Å². The lowest BCUT2D eigenvalue weighted by Crippen LogP contribution is -2.46. The molecule has 0 radical (unpaired) electrons. The predicted molar refractivity (Wildman–Crippen MR) is 71.0 cm³/mol. The monoisotopic (exact) mass is 287 g/mol. The minimum absolute atomic E-state index is 0.117. The molecule has 1 aromatic heterocycles. The van der Waals surface area contributed by atoms with Gasteiger partial charge in [-0.3, -0.25) is 4.68 Å². The summed E-state index contributed by atoms with van der Waals surface area (Å²) in [6, 6.07) is 1.39. The van der Waals surface area contributed by atoms with Gasteiger partial charge in [0.05, 0.1) is 12.3 Å². The summed E-state index contributed by atoms with van der Waals surface area (Å²) >= 11 is 0. The van der Waals surface area contributed by atoms with Gasteiger partial charge in [-0.05, 0) is 38.2 Å². The molecule has 0 bridgehead atoms. The number of hydrogen-bond acceptors (Lipinski definition) is 4. The van der Waals surface area contributed by atoms with E-state index in [9.17, 15) is 13.5 Å². The van der Waals surface area contributed by atoms with E-state index in [1.807, 2.05) is 13.8 Å². The summed E-state index contributed by atoms with van der Waals surface area (Å²) in [7, 11) is -3.54. The highest BCUT2D eigenvalue weighted by atomic mass is 32.2. The normalized spacial score (nSPS) is 25.0. The maximum Gasteiger partial charge on any atom is 0.257 e. The summed E-state index contributed by atoms with van der Waals surface area (Å²) in [5, 5.41) is 13.5. The van der Waals surface area contributed by atoms with Crippen LogP contribution >= 0.6 is 0 Å². The Balaban J connectivity index is 2.12. The van der Waals surface area contributed by atoms with Crippen LogP contribution in [0.25, 0.3) is 0 Å². The number of aromatic nitrogens is 2. The molecular formula is C12H21N3O3S. The van der Waals surface area contributed by atoms with E-state index in [1.165, 1.54) is 16.9 Å². The summed E-state index contributed by atoms with van der Waals surface area (Å²) in [6.45, 7) is 4.32. The molecule has 1 saturated carbocycles. The average molecular weight is 287 g/mol. The minimum atomic E-state index is -3.54. The summed E-state index contributed by atoms with van der Waals surface area (Å²) in [5.74, 6) is 0.229. The van der Waals surface area contributed by atoms with Gasteiger partial charge in [0.25, 0.3) is 10.0 Å². The van der Waals surface area contributed by atoms with Crippen LogP contribution in [0.2, 0.25) is 0 Å². The largest absolute Gasteiger partial charge is 0.393 e. The van der Waals surface area contributed by atoms with E-state index in [4.69, 9.17) is 0 Å². The summed E-state index contributed by atoms with van der Waals surface area (Å²) in [5.41, 5.74) is 0. The number of rotatable bonds is 6. The lowest BCUT2D eigenvalue weighted by molar-refractivity contribution is 0.0277. The van der Waals surface area contributed by atoms with Gasteiger partial charge < -0.3 is 5.11 Å². The molecule has 0 spiro atoms. The highest BCUT2D eigenvalue weighted by molar-refractivity contribution is 7.89. The summed E-state index contributed by atoms with van der Waals surface area (Å²) < 4.78 is 28.9. The Morgan fingerprint density at radius 1 is 1.53 bits per heavy atom. The topological polar surface area (TPSA) is 84.2 Å². The van der Waals surface area contributed by atoms with E-state index in [0.717, 1.165) is 6.42 Å². The van der Waals surface area contributed by atoms with Gasteiger partial charge >= 0.3 is 0 Å². The Bertz CT molecular complexity index is 520. The van der Waals surface area contributed by atoms with Crippen LogP contribution in [0.5, 0.6) is 0 Å². The molecule has 1 fully saturated rings. The van der Waals surface area contributed by atoms with Crippen LogP contribution < -0.4 is 4.72 Å². The first kappa shape index (κ1) is 14.5. The summed E-state index contributed by atoms with van der Waals surface area (Å²) in [4.78, 5) is 0. The van der Waals surface area contributed by atoms with E-state index in [2.05, 4.69) is 9.82 Å². The molecule has 7 heteroatoms. The van der Waals surface area contributed by atoms with E-state index < -0.39 is 10.0 Å². The van der Waals surface area contributed by atoms with Crippen molar-refractivity contribution in [1.29, 1.82) is 0 Å². The highest BCUT2D eigenvalue weighted by Crippen LogP contribution is 2.32. The Kier molecular flexibility index (Phi) is 4.27. The molecule has 1 aliphatic rings. The molecule has 0 aromatic carbocycles. The molecule has 0 aliphatic heterocycles. The first-order valence-corrected chi connectivity index (χ1v) is 8.18. The fourth-order valence-corrected chi connectivity index (χ4v) is 4.09. The zero-order chi connectivity index (χ0) is 14.0. The highest BCUT2D eigenvalue weighted by Gasteiger charge is 2.35. The SMILES string of the molecule is CC[C@H](NS(=O)(=O)c1ccnn1CC)C1CC(O)C1. The number of aryl methyl sites for hydroxylation is 1. The molecule has 108 valence electrons. The standard InChI is InChI=1S/C12H21N3O3S/c1-3-11(9-7-10(16)8-9)14-19(17,18)12-5-6-13-15(12)4-2/h5-6,9-11,14,16H,3-4,7-8H2,1-2H3/t9?,10?,11-/m0/s1. The second kappa shape index (κ2) is 5.60. The van der Waals surface area contributed by atoms with E-state index in [0.29, 0.717) is 19.4 Å². The average Bonchev–Trinajstić information content (AvgIpc) is 2.81. The van der Waals surface area contributed by atoms with Crippen molar-refractivity contribution < 1.29 is 13.5 Å². The third-order valence-corrected chi connectivity index (χ3v) is 5.23. The quantitative estimate of drug-likeness (QED) is 0.808. The maximum atomic E-state index is 12.3. The Hall–Kier alpha value is -0.920. The van der Waals surface area contributed by atoms with Crippen LogP contribution in [0.3, 0.4) is 0 Å². The third kappa shape index (κ3) is 2.98. The van der Waals surface area contributed by atoms with Crippen molar-refractivity contribution in [2.45, 2.75) is 56.8 Å². The minimum Gasteiger partial charge on any atom is -0.393 e. The Morgan fingerprint density at radius 3 is 2.74 bits per heavy atom. The molecule has 0 amide bonds. The van der Waals surface area contributed by atoms with Crippen LogP contribution in [-0.4, -0.2) is 35.5 Å². The first-order valence-electron chi connectivity index (χ1n) is 6.70. The predicted octanol–water partition coefficient (Wildman–Crippen LogP) is 0.731. The lowest BCUT2D eigenvalue weighted by Gasteiger charge is -2.37. The zero-order valence-corrected chi connectivity index (χ0v) is 12.1. The van der Waals surface area contributed by atoms with Crippen molar-refractivity contribution >= 4 is 10.0 Å². The Morgan fingerprint density at radius 2 is 2.21 bits per heavy atom. The van der Waals surface area contributed by atoms with Crippen molar-refractivity contribution in [1.82, 2.24) is 14.5 Å². The smallest absolute Gasteiger partial charge is 0.257 e. The molecule has 2 N–H and O–H groups in total. The number of aliphatic hydroxyl groups excluding tert-OH is 1. The second-order valence-electron chi connectivity index (χ2n) is 5.01. The molecule has 1 aromatic rings. The summed E-state index contributed by atoms with van der Waals surface area (Å²) in [6.07, 6.45) is 3.29. The van der Waals surface area contributed by atoms with Gasteiger partial charge in [0.1, 0.15) is 0 Å². The van der Waals surface area contributed by atoms with Crippen molar-refractivity contribution in [2.75, 3.05) is 0 Å². The van der Waals surface area contributed by atoms with E-state index >= 15 is 0 Å². The zero-order valence-electron chi connectivity index (χ0n) is 11.3. The van der Waals surface area contributed by atoms with E-state index in [-0.39, 0.29) is 23.1 Å². The number of nitrogens with zero attached hydrogens (tertiary/aromatic N) is 2. The molecule has 6 nitrogen and oxygen atoms in total. The van der Waals surface area contributed by atoms with Crippen molar-refractivity contribution in [3.8, 4) is 0 Å². The van der Waals surface area contributed by atoms with Gasteiger partial charge in [-0.25, -0.2) is 13.1 Å². The molecule has 0 saturated heterocycles. The second-order valence-corrected chi connectivity index (χ2v) is 6.67. The van der Waals surface area contributed by atoms with Crippen LogP contribution in [0.4, 0.5) is 0 Å². The van der Waals surface area contributed by atoms with Crippen LogP contribution in [0.15, 0.2) is 17.3 Å². The molecule has 0 unspecified atom stereocenters. The Labute approximate surface area is 113 Å². The molecular weight excluding hydrogens is 266 g/mol. The molecule has 1 heterocycles. The van der Waals surface area contributed by atoms with Gasteiger partial charge in [-0.2, -0.15) is 5.10 Å². The van der Waals surface area contributed by atoms with Crippen molar-refractivity contribution in [3.63, 3.8) is 0 Å². The van der Waals surface area contributed by atoms with Crippen molar-refractivity contribution in [3.05, 3.63) is 12.3 Å². The van der Waals surface area contributed by atoms with Crippen LogP contribution in [0, 0.1) is 5.92 Å². The van der Waals surface area contributed by atoms with Gasteiger partial charge in [0.2, 0.25) is 0 Å². The molecule has 2 rings (SSSR count). The number of sulfonamides is 1. The fraction of sp³-hybridized carbons (Fsp3) is 0.750. The molecule has 19 heavy (non-hydrogen) atoms. The number of nitrogens with one attached hydrogen (secondary N) is 1.